The van der Waals surface area contributed by atoms with E-state index in [1.807, 2.05) is 24.8 Å². The monoisotopic (exact) mass is 512 g/mol. The van der Waals surface area contributed by atoms with Crippen LogP contribution in [0.2, 0.25) is 0 Å². The molecule has 4 fully saturated rings. The number of fused-ring (bicyclic) bond motifs is 2. The Labute approximate surface area is 219 Å². The number of imide groups is 1. The SMILES string of the molecule is CC(C)N1C(=O)N(C)C(=O)C12CC1CCC(C2)N1CC[C@H](NC(=O)C1CCCCC1)c1cccc(F)c1. The number of halogens is 1. The molecule has 4 amide bonds. The zero-order chi connectivity index (χ0) is 26.3. The van der Waals surface area contributed by atoms with Crippen molar-refractivity contribution in [3.8, 4) is 0 Å². The molecular weight excluding hydrogens is 471 g/mol. The van der Waals surface area contributed by atoms with Gasteiger partial charge in [-0.1, -0.05) is 31.4 Å². The molecule has 5 rings (SSSR count). The molecule has 2 bridgehead atoms. The van der Waals surface area contributed by atoms with E-state index in [1.54, 1.807) is 13.1 Å². The molecule has 1 aliphatic carbocycles. The number of hydrogen-bond acceptors (Lipinski definition) is 4. The van der Waals surface area contributed by atoms with Crippen molar-refractivity contribution in [1.82, 2.24) is 20.0 Å². The summed E-state index contributed by atoms with van der Waals surface area (Å²) < 4.78 is 14.1. The van der Waals surface area contributed by atoms with E-state index >= 15 is 0 Å². The third-order valence-electron chi connectivity index (χ3n) is 9.31. The number of rotatable bonds is 7. The molecular formula is C29H41FN4O3. The summed E-state index contributed by atoms with van der Waals surface area (Å²) in [4.78, 5) is 45.0. The van der Waals surface area contributed by atoms with Gasteiger partial charge in [-0.25, -0.2) is 9.18 Å². The summed E-state index contributed by atoms with van der Waals surface area (Å²) in [6, 6.07) is 6.51. The average Bonchev–Trinajstić information content (AvgIpc) is 3.23. The van der Waals surface area contributed by atoms with Gasteiger partial charge >= 0.3 is 6.03 Å². The molecule has 3 heterocycles. The van der Waals surface area contributed by atoms with Gasteiger partial charge in [-0.15, -0.1) is 0 Å². The van der Waals surface area contributed by atoms with Crippen molar-refractivity contribution >= 4 is 17.8 Å². The van der Waals surface area contributed by atoms with Crippen LogP contribution in [0.25, 0.3) is 0 Å². The van der Waals surface area contributed by atoms with Gasteiger partial charge in [0.25, 0.3) is 5.91 Å². The third-order valence-corrected chi connectivity index (χ3v) is 9.31. The van der Waals surface area contributed by atoms with Gasteiger partial charge in [0.1, 0.15) is 11.4 Å². The molecule has 7 nitrogen and oxygen atoms in total. The first kappa shape index (κ1) is 26.1. The van der Waals surface area contributed by atoms with Gasteiger partial charge in [-0.3, -0.25) is 19.4 Å². The molecule has 1 N–H and O–H groups in total. The van der Waals surface area contributed by atoms with Crippen LogP contribution in [0, 0.1) is 11.7 Å². The quantitative estimate of drug-likeness (QED) is 0.541. The van der Waals surface area contributed by atoms with Crippen LogP contribution in [0.5, 0.6) is 0 Å². The highest BCUT2D eigenvalue weighted by atomic mass is 19.1. The van der Waals surface area contributed by atoms with Crippen LogP contribution in [-0.4, -0.2) is 69.8 Å². The molecule has 4 aliphatic rings. The topological polar surface area (TPSA) is 73.0 Å². The summed E-state index contributed by atoms with van der Waals surface area (Å²) in [5.41, 5.74) is 0.0496. The van der Waals surface area contributed by atoms with Gasteiger partial charge in [0.15, 0.2) is 0 Å². The Bertz CT molecular complexity index is 1030. The molecule has 1 spiro atoms. The minimum Gasteiger partial charge on any atom is -0.349 e. The molecule has 8 heteroatoms. The predicted molar refractivity (Wildman–Crippen MR) is 139 cm³/mol. The molecule has 0 aromatic heterocycles. The Morgan fingerprint density at radius 1 is 1.08 bits per heavy atom. The van der Waals surface area contributed by atoms with Crippen LogP contribution >= 0.6 is 0 Å². The van der Waals surface area contributed by atoms with Crippen LogP contribution in [0.1, 0.15) is 89.7 Å². The van der Waals surface area contributed by atoms with E-state index < -0.39 is 5.54 Å². The van der Waals surface area contributed by atoms with Crippen molar-refractivity contribution in [2.24, 2.45) is 5.92 Å². The highest BCUT2D eigenvalue weighted by Crippen LogP contribution is 2.48. The van der Waals surface area contributed by atoms with Gasteiger partial charge in [-0.2, -0.15) is 0 Å². The van der Waals surface area contributed by atoms with Crippen molar-refractivity contribution in [3.63, 3.8) is 0 Å². The summed E-state index contributed by atoms with van der Waals surface area (Å²) >= 11 is 0. The van der Waals surface area contributed by atoms with E-state index in [0.717, 1.165) is 50.6 Å². The zero-order valence-electron chi connectivity index (χ0n) is 22.4. The Morgan fingerprint density at radius 2 is 1.76 bits per heavy atom. The fraction of sp³-hybridized carbons (Fsp3) is 0.690. The number of carbonyl (C=O) groups is 3. The second kappa shape index (κ2) is 10.4. The van der Waals surface area contributed by atoms with E-state index in [9.17, 15) is 18.8 Å². The molecule has 1 aromatic rings. The van der Waals surface area contributed by atoms with Crippen molar-refractivity contribution in [2.75, 3.05) is 13.6 Å². The minimum absolute atomic E-state index is 0.0419. The maximum atomic E-state index is 14.1. The van der Waals surface area contributed by atoms with Crippen LogP contribution < -0.4 is 5.32 Å². The zero-order valence-corrected chi connectivity index (χ0v) is 22.4. The van der Waals surface area contributed by atoms with Gasteiger partial charge in [0, 0.05) is 37.6 Å². The maximum absolute atomic E-state index is 14.1. The summed E-state index contributed by atoms with van der Waals surface area (Å²) in [5, 5.41) is 3.26. The van der Waals surface area contributed by atoms with Crippen molar-refractivity contribution in [2.45, 2.75) is 108 Å². The first-order valence-corrected chi connectivity index (χ1v) is 14.1. The number of nitrogens with zero attached hydrogens (tertiary/aromatic N) is 3. The lowest BCUT2D eigenvalue weighted by molar-refractivity contribution is -0.137. The lowest BCUT2D eigenvalue weighted by Gasteiger charge is -2.48. The first-order chi connectivity index (χ1) is 17.7. The summed E-state index contributed by atoms with van der Waals surface area (Å²) in [7, 11) is 1.60. The molecule has 2 unspecified atom stereocenters. The van der Waals surface area contributed by atoms with E-state index in [1.165, 1.54) is 23.5 Å². The fourth-order valence-corrected chi connectivity index (χ4v) is 7.59. The number of likely N-dealkylation sites (N-methyl/N-ethyl adjacent to an activating group) is 1. The number of urea groups is 1. The maximum Gasteiger partial charge on any atom is 0.327 e. The predicted octanol–water partition coefficient (Wildman–Crippen LogP) is 4.62. The summed E-state index contributed by atoms with van der Waals surface area (Å²) in [6.45, 7) is 4.73. The summed E-state index contributed by atoms with van der Waals surface area (Å²) in [6.07, 6.45) is 9.20. The number of benzene rings is 1. The fourth-order valence-electron chi connectivity index (χ4n) is 7.59. The van der Waals surface area contributed by atoms with Crippen molar-refractivity contribution in [3.05, 3.63) is 35.6 Å². The average molecular weight is 513 g/mol. The summed E-state index contributed by atoms with van der Waals surface area (Å²) in [5.74, 6) is -0.238. The smallest absolute Gasteiger partial charge is 0.327 e. The third kappa shape index (κ3) is 4.77. The van der Waals surface area contributed by atoms with E-state index in [0.29, 0.717) is 19.3 Å². The Kier molecular flexibility index (Phi) is 7.31. The van der Waals surface area contributed by atoms with Gasteiger partial charge < -0.3 is 10.2 Å². The molecule has 1 aromatic carbocycles. The highest BCUT2D eigenvalue weighted by Gasteiger charge is 2.62. The van der Waals surface area contributed by atoms with Crippen molar-refractivity contribution < 1.29 is 18.8 Å². The molecule has 3 saturated heterocycles. The largest absolute Gasteiger partial charge is 0.349 e. The van der Waals surface area contributed by atoms with Gasteiger partial charge in [-0.05, 0) is 76.5 Å². The molecule has 3 aliphatic heterocycles. The van der Waals surface area contributed by atoms with Crippen LogP contribution in [0.3, 0.4) is 0 Å². The van der Waals surface area contributed by atoms with Gasteiger partial charge in [0.05, 0.1) is 6.04 Å². The second-order valence-electron chi connectivity index (χ2n) is 11.9. The lowest BCUT2D eigenvalue weighted by Crippen LogP contribution is -2.61. The first-order valence-electron chi connectivity index (χ1n) is 14.1. The molecule has 202 valence electrons. The Balaban J connectivity index is 1.31. The number of nitrogens with one attached hydrogen (secondary N) is 1. The van der Waals surface area contributed by atoms with Crippen LogP contribution in [0.15, 0.2) is 24.3 Å². The Hall–Kier alpha value is -2.48. The molecule has 37 heavy (non-hydrogen) atoms. The standard InChI is InChI=1S/C29H41FN4O3/c1-19(2)34-28(37)32(3)27(36)29(34)17-23-12-13-24(18-29)33(23)15-14-25(21-10-7-11-22(30)16-21)31-26(35)20-8-5-4-6-9-20/h7,10-11,16,19-20,23-25H,4-6,8-9,12-15,17-18H2,1-3H3,(H,31,35)/t23?,24?,25-,29?/m0/s1. The number of hydrogen-bond donors (Lipinski definition) is 1. The number of carbonyl (C=O) groups excluding carboxylic acids is 3. The van der Waals surface area contributed by atoms with Crippen LogP contribution in [-0.2, 0) is 9.59 Å². The Morgan fingerprint density at radius 3 is 2.38 bits per heavy atom. The number of amides is 4. The molecule has 3 atom stereocenters. The van der Waals surface area contributed by atoms with E-state index in [2.05, 4.69) is 10.2 Å². The van der Waals surface area contributed by atoms with Gasteiger partial charge in [0.2, 0.25) is 5.91 Å². The van der Waals surface area contributed by atoms with E-state index in [-0.39, 0.29) is 53.7 Å². The van der Waals surface area contributed by atoms with Crippen LogP contribution in [0.4, 0.5) is 9.18 Å². The van der Waals surface area contributed by atoms with Crippen molar-refractivity contribution in [1.29, 1.82) is 0 Å². The second-order valence-corrected chi connectivity index (χ2v) is 11.9. The molecule has 0 radical (unpaired) electrons. The molecule has 1 saturated carbocycles. The number of piperidine rings is 1. The van der Waals surface area contributed by atoms with E-state index in [4.69, 9.17) is 0 Å². The lowest BCUT2D eigenvalue weighted by atomic mass is 9.80. The minimum atomic E-state index is -0.751. The normalized spacial score (nSPS) is 29.5. The highest BCUT2D eigenvalue weighted by molar-refractivity contribution is 6.07.